The summed E-state index contributed by atoms with van der Waals surface area (Å²) in [4.78, 5) is 2.60. The SMILES string of the molecule is CCC1(C)c2ccc(-c3cccc(-c4cc(-c5cccs5)cc(-c5cccs5)c4)c3)cc2-c2cccc[n+]2C1(CC)CC. The largest absolute Gasteiger partial charge is 0.213 e. The molecule has 1 nitrogen and oxygen atoms in total. The van der Waals surface area contributed by atoms with Crippen molar-refractivity contribution in [2.45, 2.75) is 57.9 Å². The molecule has 0 aliphatic carbocycles. The highest BCUT2D eigenvalue weighted by Crippen LogP contribution is 2.51. The highest BCUT2D eigenvalue weighted by Gasteiger charge is 2.58. The molecule has 0 N–H and O–H groups in total. The Morgan fingerprint density at radius 2 is 1.16 bits per heavy atom. The number of hydrogen-bond acceptors (Lipinski definition) is 2. The van der Waals surface area contributed by atoms with Crippen molar-refractivity contribution >= 4 is 22.7 Å². The van der Waals surface area contributed by atoms with E-state index >= 15 is 0 Å². The predicted molar refractivity (Wildman–Crippen MR) is 186 cm³/mol. The second kappa shape index (κ2) is 11.0. The van der Waals surface area contributed by atoms with E-state index in [0.717, 1.165) is 19.3 Å². The number of hydrogen-bond donors (Lipinski definition) is 0. The summed E-state index contributed by atoms with van der Waals surface area (Å²) in [5, 5.41) is 4.32. The smallest absolute Gasteiger partial charge is 0.192 e. The van der Waals surface area contributed by atoms with Gasteiger partial charge in [-0.05, 0) is 112 Å². The first-order valence-electron chi connectivity index (χ1n) is 15.5. The summed E-state index contributed by atoms with van der Waals surface area (Å²) in [5.74, 6) is 0. The van der Waals surface area contributed by atoms with Crippen molar-refractivity contribution in [1.82, 2.24) is 0 Å². The van der Waals surface area contributed by atoms with Crippen molar-refractivity contribution in [2.75, 3.05) is 0 Å². The zero-order chi connectivity index (χ0) is 29.6. The van der Waals surface area contributed by atoms with E-state index < -0.39 is 0 Å². The molecule has 43 heavy (non-hydrogen) atoms. The molecule has 0 saturated carbocycles. The minimum Gasteiger partial charge on any atom is -0.192 e. The van der Waals surface area contributed by atoms with Gasteiger partial charge in [0, 0.05) is 34.7 Å². The molecular formula is C40H38NS2+. The second-order valence-corrected chi connectivity index (χ2v) is 13.9. The first-order chi connectivity index (χ1) is 21.0. The summed E-state index contributed by atoms with van der Waals surface area (Å²) in [5.41, 5.74) is 11.8. The van der Waals surface area contributed by atoms with Gasteiger partial charge in [-0.25, -0.2) is 0 Å². The van der Waals surface area contributed by atoms with Gasteiger partial charge >= 0.3 is 0 Å². The molecule has 7 rings (SSSR count). The van der Waals surface area contributed by atoms with Gasteiger partial charge in [0.1, 0.15) is 0 Å². The third-order valence-corrected chi connectivity index (χ3v) is 12.0. The third-order valence-electron chi connectivity index (χ3n) is 10.2. The lowest BCUT2D eigenvalue weighted by Gasteiger charge is -2.47. The fraction of sp³-hybridized carbons (Fsp3) is 0.225. The van der Waals surface area contributed by atoms with Gasteiger partial charge in [-0.3, -0.25) is 0 Å². The maximum atomic E-state index is 2.60. The molecule has 1 aliphatic rings. The van der Waals surface area contributed by atoms with Crippen LogP contribution in [0.3, 0.4) is 0 Å². The number of aromatic nitrogens is 1. The molecular weight excluding hydrogens is 559 g/mol. The second-order valence-electron chi connectivity index (χ2n) is 12.0. The summed E-state index contributed by atoms with van der Waals surface area (Å²) in [6.07, 6.45) is 5.64. The Bertz CT molecular complexity index is 1840. The molecule has 6 aromatic rings. The standard InChI is InChI=1S/C40H38NS2/c1-5-39(4)35-19-18-30(27-34(35)36-15-8-9-20-41(36)40(39,6-2)7-3)28-13-10-14-29(23-28)31-24-32(37-16-11-21-42-37)26-33(25-31)38-17-12-22-43-38/h8-27H,5-7H2,1-4H3/q+1. The van der Waals surface area contributed by atoms with Crippen LogP contribution in [0.25, 0.3) is 54.4 Å². The van der Waals surface area contributed by atoms with Crippen LogP contribution in [-0.4, -0.2) is 0 Å². The number of pyridine rings is 1. The molecule has 0 amide bonds. The third kappa shape index (κ3) is 4.44. The van der Waals surface area contributed by atoms with E-state index in [1.54, 1.807) is 22.7 Å². The van der Waals surface area contributed by atoms with Gasteiger partial charge < -0.3 is 0 Å². The van der Waals surface area contributed by atoms with E-state index in [4.69, 9.17) is 0 Å². The number of benzene rings is 3. The molecule has 0 spiro atoms. The van der Waals surface area contributed by atoms with Crippen LogP contribution in [0, 0.1) is 0 Å². The molecule has 1 unspecified atom stereocenters. The fourth-order valence-electron chi connectivity index (χ4n) is 7.70. The zero-order valence-corrected chi connectivity index (χ0v) is 27.1. The minimum atomic E-state index is 0.0473. The number of fused-ring (bicyclic) bond motifs is 3. The van der Waals surface area contributed by atoms with Gasteiger partial charge in [0.25, 0.3) is 0 Å². The predicted octanol–water partition coefficient (Wildman–Crippen LogP) is 11.6. The molecule has 214 valence electrons. The number of rotatable bonds is 7. The Balaban J connectivity index is 1.36. The van der Waals surface area contributed by atoms with Crippen LogP contribution in [-0.2, 0) is 11.0 Å². The lowest BCUT2D eigenvalue weighted by atomic mass is 9.58. The quantitative estimate of drug-likeness (QED) is 0.161. The maximum absolute atomic E-state index is 2.60. The topological polar surface area (TPSA) is 3.88 Å². The molecule has 1 aliphatic heterocycles. The van der Waals surface area contributed by atoms with Crippen LogP contribution in [0.5, 0.6) is 0 Å². The van der Waals surface area contributed by atoms with Crippen LogP contribution in [0.1, 0.15) is 52.5 Å². The Morgan fingerprint density at radius 3 is 1.77 bits per heavy atom. The molecule has 0 bridgehead atoms. The van der Waals surface area contributed by atoms with E-state index in [2.05, 4.69) is 152 Å². The average molecular weight is 597 g/mol. The van der Waals surface area contributed by atoms with Gasteiger partial charge in [0.15, 0.2) is 11.7 Å². The van der Waals surface area contributed by atoms with E-state index in [1.165, 1.54) is 60.0 Å². The van der Waals surface area contributed by atoms with Crippen molar-refractivity contribution < 1.29 is 4.57 Å². The van der Waals surface area contributed by atoms with Crippen molar-refractivity contribution in [3.05, 3.63) is 126 Å². The monoisotopic (exact) mass is 596 g/mol. The lowest BCUT2D eigenvalue weighted by Crippen LogP contribution is -2.68. The summed E-state index contributed by atoms with van der Waals surface area (Å²) in [6, 6.07) is 38.8. The first-order valence-corrected chi connectivity index (χ1v) is 17.3. The highest BCUT2D eigenvalue weighted by atomic mass is 32.1. The highest BCUT2D eigenvalue weighted by molar-refractivity contribution is 7.14. The zero-order valence-electron chi connectivity index (χ0n) is 25.4. The summed E-state index contributed by atoms with van der Waals surface area (Å²) in [6.45, 7) is 9.59. The fourth-order valence-corrected chi connectivity index (χ4v) is 9.13. The summed E-state index contributed by atoms with van der Waals surface area (Å²) in [7, 11) is 0. The molecule has 3 aromatic heterocycles. The Kier molecular flexibility index (Phi) is 7.19. The molecule has 3 heteroatoms. The summed E-state index contributed by atoms with van der Waals surface area (Å²) >= 11 is 3.60. The van der Waals surface area contributed by atoms with E-state index in [1.807, 2.05) is 0 Å². The molecule has 3 aromatic carbocycles. The van der Waals surface area contributed by atoms with E-state index in [-0.39, 0.29) is 11.0 Å². The van der Waals surface area contributed by atoms with Crippen LogP contribution >= 0.6 is 22.7 Å². The van der Waals surface area contributed by atoms with Gasteiger partial charge in [-0.1, -0.05) is 63.2 Å². The molecule has 4 heterocycles. The Hall–Kier alpha value is -3.79. The maximum Gasteiger partial charge on any atom is 0.213 e. The van der Waals surface area contributed by atoms with Crippen molar-refractivity contribution in [1.29, 1.82) is 0 Å². The van der Waals surface area contributed by atoms with Gasteiger partial charge in [0.05, 0.1) is 11.0 Å². The van der Waals surface area contributed by atoms with Gasteiger partial charge in [-0.15, -0.1) is 22.7 Å². The van der Waals surface area contributed by atoms with E-state index in [0.29, 0.717) is 0 Å². The normalized spacial score (nSPS) is 16.9. The van der Waals surface area contributed by atoms with Crippen molar-refractivity contribution in [2.24, 2.45) is 0 Å². The number of thiophene rings is 2. The van der Waals surface area contributed by atoms with Crippen molar-refractivity contribution in [3.8, 4) is 54.4 Å². The molecule has 1 atom stereocenters. The van der Waals surface area contributed by atoms with Gasteiger partial charge in [0.2, 0.25) is 5.69 Å². The number of nitrogens with zero attached hydrogens (tertiary/aromatic N) is 1. The van der Waals surface area contributed by atoms with Gasteiger partial charge in [-0.2, -0.15) is 4.57 Å². The minimum absolute atomic E-state index is 0.0473. The summed E-state index contributed by atoms with van der Waals surface area (Å²) < 4.78 is 2.60. The Morgan fingerprint density at radius 1 is 0.558 bits per heavy atom. The molecule has 0 fully saturated rings. The van der Waals surface area contributed by atoms with Crippen LogP contribution in [0.15, 0.2) is 120 Å². The molecule has 0 saturated heterocycles. The molecule has 0 radical (unpaired) electrons. The van der Waals surface area contributed by atoms with Crippen LogP contribution in [0.4, 0.5) is 0 Å². The Labute approximate surface area is 264 Å². The lowest BCUT2D eigenvalue weighted by molar-refractivity contribution is -0.769. The van der Waals surface area contributed by atoms with Crippen molar-refractivity contribution in [3.63, 3.8) is 0 Å². The first kappa shape index (κ1) is 28.0. The average Bonchev–Trinajstić information content (AvgIpc) is 3.81. The van der Waals surface area contributed by atoms with Crippen LogP contribution in [0.2, 0.25) is 0 Å². The van der Waals surface area contributed by atoms with Crippen LogP contribution < -0.4 is 4.57 Å². The van der Waals surface area contributed by atoms with E-state index in [9.17, 15) is 0 Å².